The molecule has 2 heteroatoms. The minimum atomic E-state index is -1.69. The Morgan fingerprint density at radius 2 is 1.77 bits per heavy atom. The van der Waals surface area contributed by atoms with Crippen LogP contribution in [0.3, 0.4) is 0 Å². The van der Waals surface area contributed by atoms with Gasteiger partial charge in [-0.25, -0.2) is 0 Å². The summed E-state index contributed by atoms with van der Waals surface area (Å²) in [5.41, 5.74) is 4.02. The predicted molar refractivity (Wildman–Crippen MR) is 97.1 cm³/mol. The van der Waals surface area contributed by atoms with Crippen LogP contribution in [0.4, 0.5) is 0 Å². The maximum Gasteiger partial charge on any atom is 0.0160 e. The van der Waals surface area contributed by atoms with E-state index in [2.05, 4.69) is 68.6 Å². The zero-order valence-electron chi connectivity index (χ0n) is 13.8. The molecule has 1 aliphatic heterocycles. The van der Waals surface area contributed by atoms with Gasteiger partial charge in [0.15, 0.2) is 0 Å². The fourth-order valence-electron chi connectivity index (χ4n) is 3.64. The van der Waals surface area contributed by atoms with Crippen LogP contribution in [0.5, 0.6) is 0 Å². The lowest BCUT2D eigenvalue weighted by molar-refractivity contribution is 0.487. The highest BCUT2D eigenvalue weighted by Crippen LogP contribution is 2.57. The van der Waals surface area contributed by atoms with Gasteiger partial charge in [-0.15, -0.1) is 10.3 Å². The Labute approximate surface area is 135 Å². The van der Waals surface area contributed by atoms with Crippen LogP contribution in [0, 0.1) is 12.8 Å². The summed E-state index contributed by atoms with van der Waals surface area (Å²) in [6.45, 7) is 4.39. The van der Waals surface area contributed by atoms with Crippen molar-refractivity contribution in [3.05, 3.63) is 65.2 Å². The predicted octanol–water partition coefficient (Wildman–Crippen LogP) is 5.82. The molecule has 1 heterocycles. The van der Waals surface area contributed by atoms with Crippen LogP contribution >= 0.6 is 10.3 Å². The Balaban J connectivity index is 2.12. The molecule has 1 unspecified atom stereocenters. The van der Waals surface area contributed by atoms with Crippen LogP contribution in [-0.4, -0.2) is 16.6 Å². The highest BCUT2D eigenvalue weighted by molar-refractivity contribution is 8.28. The number of hydrogen-bond donors (Lipinski definition) is 1. The van der Waals surface area contributed by atoms with E-state index in [1.54, 1.807) is 0 Å². The molecule has 22 heavy (non-hydrogen) atoms. The van der Waals surface area contributed by atoms with Crippen molar-refractivity contribution in [3.63, 3.8) is 0 Å². The van der Waals surface area contributed by atoms with Gasteiger partial charge in [0.1, 0.15) is 0 Å². The van der Waals surface area contributed by atoms with Crippen molar-refractivity contribution in [1.29, 1.82) is 0 Å². The maximum atomic E-state index is 11.1. The molecule has 1 N–H and O–H groups in total. The summed E-state index contributed by atoms with van der Waals surface area (Å²) in [6, 6.07) is 17.5. The first-order chi connectivity index (χ1) is 10.5. The minimum absolute atomic E-state index is 0.406. The first-order valence-corrected chi connectivity index (χ1v) is 10.3. The number of rotatable bonds is 2. The average Bonchev–Trinajstić information content (AvgIpc) is 2.63. The quantitative estimate of drug-likeness (QED) is 0.740. The highest BCUT2D eigenvalue weighted by Gasteiger charge is 2.33. The van der Waals surface area contributed by atoms with E-state index in [4.69, 9.17) is 0 Å². The van der Waals surface area contributed by atoms with Gasteiger partial charge < -0.3 is 4.55 Å². The van der Waals surface area contributed by atoms with Gasteiger partial charge in [0.2, 0.25) is 0 Å². The summed E-state index contributed by atoms with van der Waals surface area (Å²) >= 11 is 0. The molecule has 0 bridgehead atoms. The van der Waals surface area contributed by atoms with Gasteiger partial charge in [0.05, 0.1) is 0 Å². The molecule has 1 aliphatic rings. The topological polar surface area (TPSA) is 20.2 Å². The summed E-state index contributed by atoms with van der Waals surface area (Å²) in [7, 11) is -1.69. The summed E-state index contributed by atoms with van der Waals surface area (Å²) in [4.78, 5) is 1.19. The Hall–Kier alpha value is -1.25. The lowest BCUT2D eigenvalue weighted by Crippen LogP contribution is -2.11. The first-order valence-electron chi connectivity index (χ1n) is 8.15. The third-order valence-corrected chi connectivity index (χ3v) is 7.39. The fourth-order valence-corrected chi connectivity index (χ4v) is 6.20. The third-order valence-electron chi connectivity index (χ3n) is 4.95. The summed E-state index contributed by atoms with van der Waals surface area (Å²) < 4.78 is 11.1. The fraction of sp³-hybridized carbons (Fsp3) is 0.400. The molecule has 0 aromatic heterocycles. The molecule has 0 fully saturated rings. The van der Waals surface area contributed by atoms with Crippen molar-refractivity contribution < 1.29 is 4.55 Å². The van der Waals surface area contributed by atoms with Crippen molar-refractivity contribution in [2.24, 2.45) is 5.92 Å². The molecule has 2 aromatic rings. The third kappa shape index (κ3) is 2.95. The summed E-state index contributed by atoms with van der Waals surface area (Å²) in [6.07, 6.45) is 4.34. The van der Waals surface area contributed by atoms with E-state index in [9.17, 15) is 4.55 Å². The Morgan fingerprint density at radius 1 is 1.09 bits per heavy atom. The van der Waals surface area contributed by atoms with E-state index >= 15 is 0 Å². The Morgan fingerprint density at radius 3 is 2.45 bits per heavy atom. The molecule has 0 radical (unpaired) electrons. The number of benzene rings is 2. The molecule has 3 rings (SSSR count). The van der Waals surface area contributed by atoms with Gasteiger partial charge >= 0.3 is 0 Å². The lowest BCUT2D eigenvalue weighted by Gasteiger charge is -2.32. The molecule has 0 saturated carbocycles. The van der Waals surface area contributed by atoms with Crippen LogP contribution in [-0.2, 0) is 0 Å². The van der Waals surface area contributed by atoms with E-state index in [0.29, 0.717) is 11.8 Å². The smallest absolute Gasteiger partial charge is 0.0160 e. The standard InChI is InChI=1S/C20H26OS/c1-4-16-13-19(17-11-9-15(2)10-12-17)18-7-5-6-8-20(18)22(3,21)14-16/h5-12,16,19,21H,4,13-14H2,1-3H3/t16-,19+/m1/s1. The molecule has 0 spiro atoms. The molecular formula is C20H26OS. The van der Waals surface area contributed by atoms with E-state index in [0.717, 1.165) is 18.6 Å². The van der Waals surface area contributed by atoms with Crippen LogP contribution in [0.25, 0.3) is 0 Å². The van der Waals surface area contributed by atoms with E-state index in [1.807, 2.05) is 0 Å². The first kappa shape index (κ1) is 15.6. The van der Waals surface area contributed by atoms with E-state index in [-0.39, 0.29) is 0 Å². The number of hydrogen-bond acceptors (Lipinski definition) is 1. The maximum absolute atomic E-state index is 11.1. The second-order valence-electron chi connectivity index (χ2n) is 6.72. The lowest BCUT2D eigenvalue weighted by atomic mass is 9.83. The van der Waals surface area contributed by atoms with E-state index in [1.165, 1.54) is 21.6 Å². The second kappa shape index (κ2) is 6.10. The van der Waals surface area contributed by atoms with Gasteiger partial charge in [0.25, 0.3) is 0 Å². The number of fused-ring (bicyclic) bond motifs is 1. The number of aryl methyl sites for hydroxylation is 1. The zero-order chi connectivity index (χ0) is 15.7. The second-order valence-corrected chi connectivity index (χ2v) is 9.57. The van der Waals surface area contributed by atoms with Gasteiger partial charge in [-0.05, 0) is 42.7 Å². The monoisotopic (exact) mass is 314 g/mol. The molecule has 1 nitrogen and oxygen atoms in total. The van der Waals surface area contributed by atoms with Crippen molar-refractivity contribution >= 4 is 10.3 Å². The van der Waals surface area contributed by atoms with Crippen LogP contribution < -0.4 is 0 Å². The van der Waals surface area contributed by atoms with Crippen molar-refractivity contribution in [2.45, 2.75) is 37.5 Å². The van der Waals surface area contributed by atoms with Crippen LogP contribution in [0.2, 0.25) is 0 Å². The zero-order valence-corrected chi connectivity index (χ0v) is 14.6. The minimum Gasteiger partial charge on any atom is -0.347 e. The molecule has 0 amide bonds. The van der Waals surface area contributed by atoms with Gasteiger partial charge in [0, 0.05) is 16.6 Å². The Bertz CT molecular complexity index is 645. The molecule has 0 aliphatic carbocycles. The van der Waals surface area contributed by atoms with Gasteiger partial charge in [-0.2, -0.15) is 0 Å². The Kier molecular flexibility index (Phi) is 4.33. The van der Waals surface area contributed by atoms with Gasteiger partial charge in [-0.1, -0.05) is 61.4 Å². The molecular weight excluding hydrogens is 288 g/mol. The van der Waals surface area contributed by atoms with Crippen LogP contribution in [0.1, 0.15) is 42.4 Å². The summed E-state index contributed by atoms with van der Waals surface area (Å²) in [5, 5.41) is 0. The SMILES string of the molecule is CC[C@@H]1C[C@@H](c2ccc(C)cc2)c2ccccc2S(C)(O)C1. The van der Waals surface area contributed by atoms with Crippen molar-refractivity contribution in [1.82, 2.24) is 0 Å². The molecule has 3 atom stereocenters. The molecule has 2 aromatic carbocycles. The molecule has 118 valence electrons. The van der Waals surface area contributed by atoms with Gasteiger partial charge in [-0.3, -0.25) is 0 Å². The molecule has 0 saturated heterocycles. The van der Waals surface area contributed by atoms with Crippen molar-refractivity contribution in [3.8, 4) is 0 Å². The van der Waals surface area contributed by atoms with Crippen LogP contribution in [0.15, 0.2) is 53.4 Å². The summed E-state index contributed by atoms with van der Waals surface area (Å²) in [5.74, 6) is 1.93. The average molecular weight is 314 g/mol. The normalized spacial score (nSPS) is 30.9. The largest absolute Gasteiger partial charge is 0.347 e. The van der Waals surface area contributed by atoms with E-state index < -0.39 is 10.3 Å². The van der Waals surface area contributed by atoms with Crippen molar-refractivity contribution in [2.75, 3.05) is 12.0 Å². The highest BCUT2D eigenvalue weighted by atomic mass is 32.3.